The lowest BCUT2D eigenvalue weighted by atomic mass is 10.0. The Kier molecular flexibility index (Phi) is 7.60. The van der Waals surface area contributed by atoms with E-state index in [1.807, 2.05) is 29.2 Å². The number of aromatic nitrogens is 1. The van der Waals surface area contributed by atoms with Gasteiger partial charge in [-0.25, -0.2) is 13.8 Å². The number of nitrogen functional groups attached to an aromatic ring is 1. The second-order valence-electron chi connectivity index (χ2n) is 8.26. The highest BCUT2D eigenvalue weighted by atomic mass is 32.1. The van der Waals surface area contributed by atoms with Crippen molar-refractivity contribution >= 4 is 34.0 Å². The van der Waals surface area contributed by atoms with Crippen molar-refractivity contribution in [2.45, 2.75) is 31.7 Å². The number of ether oxygens (including phenoxy) is 1. The molecule has 10 heteroatoms. The largest absolute Gasteiger partial charge is 0.496 e. The number of hydrogen-bond acceptors (Lipinski definition) is 7. The summed E-state index contributed by atoms with van der Waals surface area (Å²) in [6, 6.07) is 3.28. The van der Waals surface area contributed by atoms with E-state index in [9.17, 15) is 18.4 Å². The van der Waals surface area contributed by atoms with Gasteiger partial charge in [-0.2, -0.15) is 0 Å². The molecule has 0 saturated carbocycles. The minimum absolute atomic E-state index is 0.0146. The second-order valence-corrected chi connectivity index (χ2v) is 9.26. The van der Waals surface area contributed by atoms with Crippen LogP contribution in [-0.4, -0.2) is 47.8 Å². The molecular formula is C25H26F2N4O3S. The van der Waals surface area contributed by atoms with Crippen molar-refractivity contribution in [3.8, 4) is 0 Å². The Balaban J connectivity index is 1.32. The lowest BCUT2D eigenvalue weighted by molar-refractivity contribution is -0.131. The molecule has 2 heterocycles. The highest BCUT2D eigenvalue weighted by Crippen LogP contribution is 2.30. The maximum Gasteiger partial charge on any atom is 0.226 e. The fourth-order valence-electron chi connectivity index (χ4n) is 4.11. The van der Waals surface area contributed by atoms with Crippen LogP contribution in [0, 0.1) is 11.6 Å². The third-order valence-electron chi connectivity index (χ3n) is 6.01. The van der Waals surface area contributed by atoms with E-state index in [4.69, 9.17) is 10.5 Å². The van der Waals surface area contributed by atoms with E-state index in [2.05, 4.69) is 10.3 Å². The normalized spacial score (nSPS) is 17.4. The molecule has 1 saturated heterocycles. The molecule has 1 amide bonds. The van der Waals surface area contributed by atoms with Crippen LogP contribution < -0.4 is 11.1 Å². The molecule has 0 spiro atoms. The first-order valence-corrected chi connectivity index (χ1v) is 12.1. The first kappa shape index (κ1) is 24.6. The molecule has 0 bridgehead atoms. The molecule has 0 atom stereocenters. The van der Waals surface area contributed by atoms with E-state index in [0.29, 0.717) is 37.5 Å². The van der Waals surface area contributed by atoms with Crippen molar-refractivity contribution in [3.63, 3.8) is 0 Å². The van der Waals surface area contributed by atoms with Gasteiger partial charge in [-0.15, -0.1) is 0 Å². The summed E-state index contributed by atoms with van der Waals surface area (Å²) in [6.45, 7) is 1.17. The molecule has 2 aromatic rings. The lowest BCUT2D eigenvalue weighted by Crippen LogP contribution is -2.42. The van der Waals surface area contributed by atoms with Gasteiger partial charge in [0.2, 0.25) is 11.7 Å². The number of allylic oxidation sites excluding steroid dienone is 4. The van der Waals surface area contributed by atoms with Gasteiger partial charge < -0.3 is 20.7 Å². The number of rotatable bonds is 7. The van der Waals surface area contributed by atoms with Crippen molar-refractivity contribution in [1.82, 2.24) is 9.88 Å². The molecule has 1 fully saturated rings. The molecule has 0 radical (unpaired) electrons. The number of hydrogen-bond donors (Lipinski definition) is 2. The van der Waals surface area contributed by atoms with Crippen molar-refractivity contribution in [1.29, 1.82) is 0 Å². The smallest absolute Gasteiger partial charge is 0.226 e. The molecule has 1 aromatic heterocycles. The first-order chi connectivity index (χ1) is 16.9. The van der Waals surface area contributed by atoms with Crippen LogP contribution in [0.5, 0.6) is 0 Å². The number of piperidine rings is 1. The van der Waals surface area contributed by atoms with Crippen LogP contribution in [0.15, 0.2) is 53.8 Å². The predicted molar refractivity (Wildman–Crippen MR) is 131 cm³/mol. The van der Waals surface area contributed by atoms with Gasteiger partial charge in [0.15, 0.2) is 5.13 Å². The Labute approximate surface area is 206 Å². The number of carbonyl (C=O) groups is 2. The summed E-state index contributed by atoms with van der Waals surface area (Å²) < 4.78 is 33.4. The zero-order valence-electron chi connectivity index (χ0n) is 19.2. The number of likely N-dealkylation sites (tertiary alicyclic amines) is 1. The Bertz CT molecular complexity index is 1190. The van der Waals surface area contributed by atoms with Crippen LogP contribution in [-0.2, 0) is 9.53 Å². The van der Waals surface area contributed by atoms with E-state index in [1.54, 1.807) is 7.11 Å². The van der Waals surface area contributed by atoms with E-state index in [1.165, 1.54) is 6.07 Å². The number of anilines is 2. The SMILES string of the molecule is COC1=CC=CC/C1=C/CC(=O)N1CCC(Nc2nc(N)c(C(=O)c3c(F)cccc3F)s2)CC1. The summed E-state index contributed by atoms with van der Waals surface area (Å²) in [5.41, 5.74) is 6.24. The van der Waals surface area contributed by atoms with Crippen LogP contribution in [0.25, 0.3) is 0 Å². The maximum atomic E-state index is 14.0. The van der Waals surface area contributed by atoms with Gasteiger partial charge in [0.05, 0.1) is 12.7 Å². The first-order valence-electron chi connectivity index (χ1n) is 11.3. The van der Waals surface area contributed by atoms with E-state index in [-0.39, 0.29) is 22.6 Å². The highest BCUT2D eigenvalue weighted by Gasteiger charge is 2.26. The Hall–Kier alpha value is -3.53. The Morgan fingerprint density at radius 2 is 2.00 bits per heavy atom. The van der Waals surface area contributed by atoms with Crippen LogP contribution >= 0.6 is 11.3 Å². The summed E-state index contributed by atoms with van der Waals surface area (Å²) >= 11 is 0.966. The van der Waals surface area contributed by atoms with Crippen molar-refractivity contribution in [2.24, 2.45) is 0 Å². The Morgan fingerprint density at radius 1 is 1.29 bits per heavy atom. The van der Waals surface area contributed by atoms with Crippen LogP contribution in [0.2, 0.25) is 0 Å². The third kappa shape index (κ3) is 5.59. The number of benzene rings is 1. The number of thiazole rings is 1. The number of ketones is 1. The summed E-state index contributed by atoms with van der Waals surface area (Å²) in [5.74, 6) is -1.97. The average molecular weight is 501 g/mol. The van der Waals surface area contributed by atoms with Crippen LogP contribution in [0.1, 0.15) is 40.9 Å². The zero-order valence-corrected chi connectivity index (χ0v) is 20.0. The number of nitrogens with two attached hydrogens (primary N) is 1. The molecule has 7 nitrogen and oxygen atoms in total. The predicted octanol–water partition coefficient (Wildman–Crippen LogP) is 4.44. The molecule has 4 rings (SSSR count). The number of amides is 1. The van der Waals surface area contributed by atoms with Crippen molar-refractivity contribution < 1.29 is 23.1 Å². The summed E-state index contributed by atoms with van der Waals surface area (Å²) in [5, 5.41) is 3.64. The molecule has 2 aliphatic rings. The van der Waals surface area contributed by atoms with Crippen LogP contribution in [0.4, 0.5) is 19.7 Å². The van der Waals surface area contributed by atoms with E-state index in [0.717, 1.165) is 41.2 Å². The monoisotopic (exact) mass is 500 g/mol. The lowest BCUT2D eigenvalue weighted by Gasteiger charge is -2.32. The number of carbonyl (C=O) groups excluding carboxylic acids is 2. The molecule has 1 aromatic carbocycles. The Morgan fingerprint density at radius 3 is 2.69 bits per heavy atom. The molecule has 184 valence electrons. The van der Waals surface area contributed by atoms with Gasteiger partial charge in [0, 0.05) is 25.6 Å². The summed E-state index contributed by atoms with van der Waals surface area (Å²) in [6.07, 6.45) is 10.2. The number of halogens is 2. The van der Waals surface area contributed by atoms with Gasteiger partial charge in [0.25, 0.3) is 0 Å². The average Bonchev–Trinajstić information content (AvgIpc) is 3.22. The number of nitrogens with zero attached hydrogens (tertiary/aromatic N) is 2. The maximum absolute atomic E-state index is 14.0. The van der Waals surface area contributed by atoms with E-state index >= 15 is 0 Å². The molecule has 35 heavy (non-hydrogen) atoms. The topological polar surface area (TPSA) is 97.6 Å². The molecule has 1 aliphatic carbocycles. The zero-order chi connectivity index (χ0) is 24.9. The molecule has 0 unspecified atom stereocenters. The van der Waals surface area contributed by atoms with Crippen LogP contribution in [0.3, 0.4) is 0 Å². The minimum Gasteiger partial charge on any atom is -0.496 e. The molecular weight excluding hydrogens is 474 g/mol. The van der Waals surface area contributed by atoms with Gasteiger partial charge >= 0.3 is 0 Å². The van der Waals surface area contributed by atoms with Crippen molar-refractivity contribution in [2.75, 3.05) is 31.2 Å². The fourth-order valence-corrected chi connectivity index (χ4v) is 5.02. The second kappa shape index (κ2) is 10.8. The van der Waals surface area contributed by atoms with Gasteiger partial charge in [-0.05, 0) is 43.0 Å². The highest BCUT2D eigenvalue weighted by molar-refractivity contribution is 7.18. The molecule has 3 N–H and O–H groups in total. The summed E-state index contributed by atoms with van der Waals surface area (Å²) in [4.78, 5) is 31.3. The minimum atomic E-state index is -0.945. The molecule has 1 aliphatic heterocycles. The quantitative estimate of drug-likeness (QED) is 0.546. The van der Waals surface area contributed by atoms with Gasteiger partial charge in [0.1, 0.15) is 28.1 Å². The number of methoxy groups -OCH3 is 1. The van der Waals surface area contributed by atoms with Crippen molar-refractivity contribution in [3.05, 3.63) is 75.9 Å². The van der Waals surface area contributed by atoms with Gasteiger partial charge in [-0.3, -0.25) is 9.59 Å². The van der Waals surface area contributed by atoms with Gasteiger partial charge in [-0.1, -0.05) is 35.6 Å². The fraction of sp³-hybridized carbons (Fsp3) is 0.320. The third-order valence-corrected chi connectivity index (χ3v) is 7.01. The summed E-state index contributed by atoms with van der Waals surface area (Å²) in [7, 11) is 1.62. The standard InChI is InChI=1S/C25H26F2N4O3S/c1-34-19-8-3-2-5-15(19)9-10-20(32)31-13-11-16(12-14-31)29-25-30-24(28)23(35-25)22(33)21-17(26)6-4-7-18(21)27/h2-4,6-9,16H,5,10-14,28H2,1H3,(H,29,30)/b15-9-. The van der Waals surface area contributed by atoms with E-state index < -0.39 is 23.0 Å². The number of nitrogens with one attached hydrogen (secondary N) is 1.